The number of furan rings is 1. The van der Waals surface area contributed by atoms with Gasteiger partial charge in [0.15, 0.2) is 5.82 Å². The quantitative estimate of drug-likeness (QED) is 0.732. The monoisotopic (exact) mass is 379 g/mol. The van der Waals surface area contributed by atoms with E-state index in [2.05, 4.69) is 15.4 Å². The molecule has 1 saturated heterocycles. The summed E-state index contributed by atoms with van der Waals surface area (Å²) in [5.41, 5.74) is 1.39. The molecule has 0 saturated carbocycles. The lowest BCUT2D eigenvalue weighted by Crippen LogP contribution is -2.45. The van der Waals surface area contributed by atoms with Gasteiger partial charge >= 0.3 is 0 Å². The van der Waals surface area contributed by atoms with Crippen molar-refractivity contribution in [3.63, 3.8) is 0 Å². The number of carbonyl (C=O) groups excluding carboxylic acids is 2. The molecule has 8 heteroatoms. The summed E-state index contributed by atoms with van der Waals surface area (Å²) < 4.78 is 6.66. The first-order chi connectivity index (χ1) is 13.7. The lowest BCUT2D eigenvalue weighted by molar-refractivity contribution is -0.126. The third-order valence-electron chi connectivity index (χ3n) is 4.89. The average Bonchev–Trinajstić information content (AvgIpc) is 3.46. The molecular formula is C20H21N5O3. The van der Waals surface area contributed by atoms with Crippen LogP contribution in [0.25, 0.3) is 5.82 Å². The highest BCUT2D eigenvalue weighted by molar-refractivity contribution is 5.94. The Balaban J connectivity index is 1.39. The van der Waals surface area contributed by atoms with Gasteiger partial charge in [-0.25, -0.2) is 9.67 Å². The zero-order valence-corrected chi connectivity index (χ0v) is 15.3. The molecule has 0 aromatic carbocycles. The first-order valence-electron chi connectivity index (χ1n) is 9.25. The molecule has 1 aliphatic heterocycles. The highest BCUT2D eigenvalue weighted by Gasteiger charge is 2.29. The Morgan fingerprint density at radius 2 is 2.18 bits per heavy atom. The fourth-order valence-corrected chi connectivity index (χ4v) is 3.44. The van der Waals surface area contributed by atoms with Crippen molar-refractivity contribution in [2.45, 2.75) is 19.4 Å². The van der Waals surface area contributed by atoms with Crippen molar-refractivity contribution in [1.29, 1.82) is 0 Å². The van der Waals surface area contributed by atoms with E-state index < -0.39 is 0 Å². The molecule has 0 aliphatic carbocycles. The normalized spacial score (nSPS) is 16.7. The third-order valence-corrected chi connectivity index (χ3v) is 4.89. The largest absolute Gasteiger partial charge is 0.472 e. The first kappa shape index (κ1) is 18.0. The molecule has 0 radical (unpaired) electrons. The van der Waals surface area contributed by atoms with Crippen LogP contribution >= 0.6 is 0 Å². The van der Waals surface area contributed by atoms with Crippen LogP contribution in [0.5, 0.6) is 0 Å². The van der Waals surface area contributed by atoms with Crippen LogP contribution in [0.2, 0.25) is 0 Å². The summed E-state index contributed by atoms with van der Waals surface area (Å²) in [6.07, 6.45) is 9.67. The molecule has 4 rings (SSSR count). The molecule has 2 amide bonds. The highest BCUT2D eigenvalue weighted by atomic mass is 16.3. The van der Waals surface area contributed by atoms with Crippen molar-refractivity contribution in [1.82, 2.24) is 25.0 Å². The van der Waals surface area contributed by atoms with E-state index in [4.69, 9.17) is 4.42 Å². The number of piperidine rings is 1. The van der Waals surface area contributed by atoms with Gasteiger partial charge in [0.25, 0.3) is 5.91 Å². The molecule has 144 valence electrons. The molecule has 1 aliphatic rings. The Bertz CT molecular complexity index is 937. The smallest absolute Gasteiger partial charge is 0.257 e. The van der Waals surface area contributed by atoms with Crippen LogP contribution in [0.15, 0.2) is 59.8 Å². The van der Waals surface area contributed by atoms with E-state index >= 15 is 0 Å². The molecule has 28 heavy (non-hydrogen) atoms. The van der Waals surface area contributed by atoms with Crippen LogP contribution in [0.4, 0.5) is 0 Å². The number of hydrogen-bond acceptors (Lipinski definition) is 5. The standard InChI is InChI=1S/C20H21N5O3/c26-19(16-5-2-9-24(13-16)20(27)17-6-11-28-14-17)22-12-15-4-1-7-21-18(15)25-10-3-8-23-25/h1,3-4,6-8,10-11,14,16H,2,5,9,12-13H2,(H,22,26). The number of nitrogens with one attached hydrogen (secondary N) is 1. The predicted molar refractivity (Wildman–Crippen MR) is 101 cm³/mol. The van der Waals surface area contributed by atoms with E-state index in [9.17, 15) is 9.59 Å². The molecule has 3 aromatic rings. The maximum atomic E-state index is 12.7. The van der Waals surface area contributed by atoms with E-state index in [-0.39, 0.29) is 17.7 Å². The lowest BCUT2D eigenvalue weighted by Gasteiger charge is -2.31. The van der Waals surface area contributed by atoms with Crippen LogP contribution < -0.4 is 5.32 Å². The van der Waals surface area contributed by atoms with Gasteiger partial charge in [-0.1, -0.05) is 6.07 Å². The van der Waals surface area contributed by atoms with Crippen LogP contribution in [-0.4, -0.2) is 44.6 Å². The zero-order valence-electron chi connectivity index (χ0n) is 15.3. The number of pyridine rings is 1. The molecule has 0 bridgehead atoms. The molecule has 3 aromatic heterocycles. The Kier molecular flexibility index (Phi) is 5.18. The zero-order chi connectivity index (χ0) is 19.3. The minimum Gasteiger partial charge on any atom is -0.472 e. The van der Waals surface area contributed by atoms with Gasteiger partial charge in [-0.15, -0.1) is 0 Å². The van der Waals surface area contributed by atoms with E-state index in [1.165, 1.54) is 12.5 Å². The SMILES string of the molecule is O=C(NCc1cccnc1-n1cccn1)C1CCCN(C(=O)c2ccoc2)C1. The second-order valence-electron chi connectivity index (χ2n) is 6.76. The number of hydrogen-bond donors (Lipinski definition) is 1. The first-order valence-corrected chi connectivity index (χ1v) is 9.25. The van der Waals surface area contributed by atoms with Gasteiger partial charge in [-0.2, -0.15) is 5.10 Å². The molecule has 8 nitrogen and oxygen atoms in total. The second kappa shape index (κ2) is 8.08. The van der Waals surface area contributed by atoms with Crippen molar-refractivity contribution < 1.29 is 14.0 Å². The van der Waals surface area contributed by atoms with Crippen molar-refractivity contribution in [3.05, 3.63) is 66.5 Å². The van der Waals surface area contributed by atoms with Gasteiger partial charge in [0, 0.05) is 43.8 Å². The van der Waals surface area contributed by atoms with E-state index in [0.717, 1.165) is 18.4 Å². The fraction of sp³-hybridized carbons (Fsp3) is 0.300. The molecule has 1 N–H and O–H groups in total. The van der Waals surface area contributed by atoms with E-state index in [1.54, 1.807) is 28.0 Å². The van der Waals surface area contributed by atoms with Crippen LogP contribution in [0, 0.1) is 5.92 Å². The van der Waals surface area contributed by atoms with E-state index in [0.29, 0.717) is 31.0 Å². The van der Waals surface area contributed by atoms with Crippen molar-refractivity contribution in [3.8, 4) is 5.82 Å². The summed E-state index contributed by atoms with van der Waals surface area (Å²) >= 11 is 0. The van der Waals surface area contributed by atoms with Gasteiger partial charge in [0.2, 0.25) is 5.91 Å². The van der Waals surface area contributed by atoms with Gasteiger partial charge in [-0.3, -0.25) is 9.59 Å². The maximum Gasteiger partial charge on any atom is 0.257 e. The Labute approximate surface area is 162 Å². The maximum absolute atomic E-state index is 12.7. The van der Waals surface area contributed by atoms with Crippen molar-refractivity contribution in [2.24, 2.45) is 5.92 Å². The van der Waals surface area contributed by atoms with Crippen molar-refractivity contribution >= 4 is 11.8 Å². The van der Waals surface area contributed by atoms with Gasteiger partial charge < -0.3 is 14.6 Å². The predicted octanol–water partition coefficient (Wildman–Crippen LogP) is 2.03. The molecular weight excluding hydrogens is 358 g/mol. The Morgan fingerprint density at radius 1 is 1.25 bits per heavy atom. The molecule has 4 heterocycles. The second-order valence-corrected chi connectivity index (χ2v) is 6.76. The number of aromatic nitrogens is 3. The minimum atomic E-state index is -0.227. The summed E-state index contributed by atoms with van der Waals surface area (Å²) in [5, 5.41) is 7.20. The average molecular weight is 379 g/mol. The number of amides is 2. The third kappa shape index (κ3) is 3.80. The number of nitrogens with zero attached hydrogens (tertiary/aromatic N) is 4. The van der Waals surface area contributed by atoms with Crippen LogP contribution in [0.3, 0.4) is 0 Å². The fourth-order valence-electron chi connectivity index (χ4n) is 3.44. The number of carbonyl (C=O) groups is 2. The van der Waals surface area contributed by atoms with Crippen LogP contribution in [-0.2, 0) is 11.3 Å². The van der Waals surface area contributed by atoms with Gasteiger partial charge in [-0.05, 0) is 31.0 Å². The Morgan fingerprint density at radius 3 is 2.96 bits per heavy atom. The summed E-state index contributed by atoms with van der Waals surface area (Å²) in [4.78, 5) is 31.3. The lowest BCUT2D eigenvalue weighted by atomic mass is 9.96. The molecule has 1 fully saturated rings. The minimum absolute atomic E-state index is 0.0556. The summed E-state index contributed by atoms with van der Waals surface area (Å²) in [5.74, 6) is 0.307. The van der Waals surface area contributed by atoms with Crippen LogP contribution in [0.1, 0.15) is 28.8 Å². The molecule has 1 atom stereocenters. The number of likely N-dealkylation sites (tertiary alicyclic amines) is 1. The molecule has 1 unspecified atom stereocenters. The van der Waals surface area contributed by atoms with E-state index in [1.807, 2.05) is 24.4 Å². The van der Waals surface area contributed by atoms with Gasteiger partial charge in [0.1, 0.15) is 6.26 Å². The summed E-state index contributed by atoms with van der Waals surface area (Å²) in [6, 6.07) is 7.22. The number of rotatable bonds is 5. The van der Waals surface area contributed by atoms with Gasteiger partial charge in [0.05, 0.1) is 17.7 Å². The topological polar surface area (TPSA) is 93.3 Å². The Hall–Kier alpha value is -3.42. The van der Waals surface area contributed by atoms with Crippen molar-refractivity contribution in [2.75, 3.05) is 13.1 Å². The summed E-state index contributed by atoms with van der Waals surface area (Å²) in [7, 11) is 0. The summed E-state index contributed by atoms with van der Waals surface area (Å²) in [6.45, 7) is 1.42. The molecule has 0 spiro atoms. The highest BCUT2D eigenvalue weighted by Crippen LogP contribution is 2.19.